The fraction of sp³-hybridized carbons (Fsp3) is 0.500. The number of rotatable bonds is 4. The first-order valence-corrected chi connectivity index (χ1v) is 7.39. The van der Waals surface area contributed by atoms with E-state index in [1.807, 2.05) is 0 Å². The van der Waals surface area contributed by atoms with Gasteiger partial charge in [0.25, 0.3) is 0 Å². The van der Waals surface area contributed by atoms with Crippen molar-refractivity contribution in [2.24, 2.45) is 0 Å². The first-order valence-electron chi connectivity index (χ1n) is 5.45. The SMILES string of the molecule is CC(C)(C)S(=O)N[C@H](CF)c1cccc(Br)c1F. The van der Waals surface area contributed by atoms with E-state index in [1.54, 1.807) is 26.8 Å². The lowest BCUT2D eigenvalue weighted by Gasteiger charge is -2.23. The Kier molecular flexibility index (Phi) is 5.43. The highest BCUT2D eigenvalue weighted by molar-refractivity contribution is 9.10. The highest BCUT2D eigenvalue weighted by Gasteiger charge is 2.25. The van der Waals surface area contributed by atoms with Gasteiger partial charge in [-0.25, -0.2) is 17.7 Å². The summed E-state index contributed by atoms with van der Waals surface area (Å²) in [4.78, 5) is 0. The van der Waals surface area contributed by atoms with Gasteiger partial charge in [-0.2, -0.15) is 0 Å². The van der Waals surface area contributed by atoms with Gasteiger partial charge in [0, 0.05) is 5.56 Å². The zero-order chi connectivity index (χ0) is 13.9. The Morgan fingerprint density at radius 1 is 1.44 bits per heavy atom. The summed E-state index contributed by atoms with van der Waals surface area (Å²) in [7, 11) is -1.45. The van der Waals surface area contributed by atoms with E-state index in [2.05, 4.69) is 20.7 Å². The topological polar surface area (TPSA) is 29.1 Å². The molecule has 1 aromatic rings. The monoisotopic (exact) mass is 339 g/mol. The van der Waals surface area contributed by atoms with Crippen LogP contribution < -0.4 is 4.72 Å². The van der Waals surface area contributed by atoms with E-state index in [9.17, 15) is 13.0 Å². The molecule has 2 atom stereocenters. The van der Waals surface area contributed by atoms with Gasteiger partial charge in [-0.05, 0) is 42.8 Å². The molecule has 0 aromatic heterocycles. The molecule has 0 fully saturated rings. The molecule has 0 bridgehead atoms. The first kappa shape index (κ1) is 15.7. The minimum atomic E-state index is -1.45. The number of nitrogens with one attached hydrogen (secondary N) is 1. The van der Waals surface area contributed by atoms with Crippen LogP contribution in [0.4, 0.5) is 8.78 Å². The van der Waals surface area contributed by atoms with Crippen LogP contribution in [0.2, 0.25) is 0 Å². The zero-order valence-electron chi connectivity index (χ0n) is 10.5. The van der Waals surface area contributed by atoms with E-state index in [4.69, 9.17) is 0 Å². The molecule has 1 rings (SSSR count). The quantitative estimate of drug-likeness (QED) is 0.891. The van der Waals surface area contributed by atoms with Crippen molar-refractivity contribution in [1.29, 1.82) is 0 Å². The van der Waals surface area contributed by atoms with Crippen molar-refractivity contribution in [2.45, 2.75) is 31.6 Å². The average Bonchev–Trinajstić information content (AvgIpc) is 2.28. The molecule has 0 aliphatic heterocycles. The van der Waals surface area contributed by atoms with Gasteiger partial charge in [-0.3, -0.25) is 0 Å². The van der Waals surface area contributed by atoms with Gasteiger partial charge in [0.05, 0.1) is 26.2 Å². The predicted molar refractivity (Wildman–Crippen MR) is 73.8 cm³/mol. The molecule has 0 amide bonds. The molecule has 0 saturated heterocycles. The van der Waals surface area contributed by atoms with Crippen LogP contribution in [0.3, 0.4) is 0 Å². The maximum Gasteiger partial charge on any atom is 0.142 e. The van der Waals surface area contributed by atoms with Crippen molar-refractivity contribution < 1.29 is 13.0 Å². The third kappa shape index (κ3) is 3.83. The Balaban J connectivity index is 2.97. The van der Waals surface area contributed by atoms with Crippen molar-refractivity contribution in [1.82, 2.24) is 4.72 Å². The van der Waals surface area contributed by atoms with Gasteiger partial charge < -0.3 is 0 Å². The van der Waals surface area contributed by atoms with Gasteiger partial charge in [-0.15, -0.1) is 0 Å². The standard InChI is InChI=1S/C12H16BrF2NOS/c1-12(2,3)18(17)16-10(7-14)8-5-4-6-9(13)11(8)15/h4-6,10,16H,7H2,1-3H3/t10-,18?/m1/s1. The summed E-state index contributed by atoms with van der Waals surface area (Å²) < 4.78 is 41.1. The maximum atomic E-state index is 13.8. The Labute approximate surface area is 117 Å². The second-order valence-electron chi connectivity index (χ2n) is 4.85. The van der Waals surface area contributed by atoms with Gasteiger partial charge in [-0.1, -0.05) is 12.1 Å². The van der Waals surface area contributed by atoms with Gasteiger partial charge in [0.15, 0.2) is 0 Å². The average molecular weight is 340 g/mol. The third-order valence-corrected chi connectivity index (χ3v) is 4.54. The first-order chi connectivity index (χ1) is 8.27. The number of hydrogen-bond donors (Lipinski definition) is 1. The lowest BCUT2D eigenvalue weighted by atomic mass is 10.1. The minimum Gasteiger partial charge on any atom is -0.249 e. The van der Waals surface area contributed by atoms with Crippen LogP contribution in [0.25, 0.3) is 0 Å². The summed E-state index contributed by atoms with van der Waals surface area (Å²) in [5, 5.41) is 0. The van der Waals surface area contributed by atoms with Crippen molar-refractivity contribution in [3.8, 4) is 0 Å². The lowest BCUT2D eigenvalue weighted by molar-refractivity contribution is 0.407. The van der Waals surface area contributed by atoms with E-state index in [-0.39, 0.29) is 10.0 Å². The summed E-state index contributed by atoms with van der Waals surface area (Å²) in [5.74, 6) is -0.529. The second kappa shape index (κ2) is 6.21. The van der Waals surface area contributed by atoms with E-state index in [0.717, 1.165) is 0 Å². The molecule has 18 heavy (non-hydrogen) atoms. The fourth-order valence-electron chi connectivity index (χ4n) is 1.27. The molecule has 1 aromatic carbocycles. The predicted octanol–water partition coefficient (Wildman–Crippen LogP) is 3.65. The third-order valence-electron chi connectivity index (χ3n) is 2.32. The van der Waals surface area contributed by atoms with Crippen molar-refractivity contribution in [3.63, 3.8) is 0 Å². The van der Waals surface area contributed by atoms with Crippen LogP contribution in [0.5, 0.6) is 0 Å². The molecule has 2 nitrogen and oxygen atoms in total. The van der Waals surface area contributed by atoms with Crippen LogP contribution in [0.1, 0.15) is 32.4 Å². The summed E-state index contributed by atoms with van der Waals surface area (Å²) in [6.45, 7) is 4.48. The van der Waals surface area contributed by atoms with Crippen LogP contribution in [-0.4, -0.2) is 15.6 Å². The maximum absolute atomic E-state index is 13.8. The van der Waals surface area contributed by atoms with Crippen LogP contribution in [-0.2, 0) is 11.0 Å². The Morgan fingerprint density at radius 3 is 2.56 bits per heavy atom. The number of hydrogen-bond acceptors (Lipinski definition) is 1. The van der Waals surface area contributed by atoms with E-state index >= 15 is 0 Å². The van der Waals surface area contributed by atoms with Crippen LogP contribution in [0.15, 0.2) is 22.7 Å². The molecule has 102 valence electrons. The Bertz CT molecular complexity index is 448. The number of halogens is 3. The summed E-state index contributed by atoms with van der Waals surface area (Å²) in [5.41, 5.74) is 0.171. The van der Waals surface area contributed by atoms with E-state index < -0.39 is 34.3 Å². The molecule has 0 aliphatic carbocycles. The molecule has 1 unspecified atom stereocenters. The fourth-order valence-corrected chi connectivity index (χ4v) is 2.46. The smallest absolute Gasteiger partial charge is 0.142 e. The second-order valence-corrected chi connectivity index (χ2v) is 7.70. The Morgan fingerprint density at radius 2 is 2.06 bits per heavy atom. The van der Waals surface area contributed by atoms with Crippen LogP contribution in [0, 0.1) is 5.82 Å². The molecular formula is C12H16BrF2NOS. The van der Waals surface area contributed by atoms with E-state index in [1.165, 1.54) is 12.1 Å². The summed E-state index contributed by atoms with van der Waals surface area (Å²) >= 11 is 3.05. The molecule has 6 heteroatoms. The molecule has 0 saturated carbocycles. The highest BCUT2D eigenvalue weighted by Crippen LogP contribution is 2.25. The number of benzene rings is 1. The summed E-state index contributed by atoms with van der Waals surface area (Å²) in [6, 6.07) is 3.72. The van der Waals surface area contributed by atoms with Gasteiger partial charge >= 0.3 is 0 Å². The molecular weight excluding hydrogens is 324 g/mol. The highest BCUT2D eigenvalue weighted by atomic mass is 79.9. The molecule has 0 radical (unpaired) electrons. The molecule has 0 spiro atoms. The molecule has 1 N–H and O–H groups in total. The lowest BCUT2D eigenvalue weighted by Crippen LogP contribution is -2.36. The van der Waals surface area contributed by atoms with Gasteiger partial charge in [0.1, 0.15) is 12.5 Å². The Hall–Kier alpha value is -0.330. The summed E-state index contributed by atoms with van der Waals surface area (Å²) in [6.07, 6.45) is 0. The molecule has 0 heterocycles. The van der Waals surface area contributed by atoms with Crippen molar-refractivity contribution >= 4 is 26.9 Å². The van der Waals surface area contributed by atoms with Crippen molar-refractivity contribution in [2.75, 3.05) is 6.67 Å². The normalized spacial score (nSPS) is 15.4. The van der Waals surface area contributed by atoms with E-state index in [0.29, 0.717) is 0 Å². The van der Waals surface area contributed by atoms with Crippen LogP contribution >= 0.6 is 15.9 Å². The zero-order valence-corrected chi connectivity index (χ0v) is 12.9. The number of alkyl halides is 1. The molecule has 0 aliphatic rings. The largest absolute Gasteiger partial charge is 0.249 e. The van der Waals surface area contributed by atoms with Gasteiger partial charge in [0.2, 0.25) is 0 Å². The minimum absolute atomic E-state index is 0.171. The van der Waals surface area contributed by atoms with Crippen molar-refractivity contribution in [3.05, 3.63) is 34.1 Å².